The van der Waals surface area contributed by atoms with Crippen molar-refractivity contribution in [2.45, 2.75) is 13.5 Å². The van der Waals surface area contributed by atoms with Gasteiger partial charge in [0.1, 0.15) is 0 Å². The molecular formula is C16H15F2NO2. The number of hydrogen-bond acceptors (Lipinski definition) is 3. The van der Waals surface area contributed by atoms with Crippen molar-refractivity contribution in [3.05, 3.63) is 65.2 Å². The Morgan fingerprint density at radius 2 is 1.95 bits per heavy atom. The molecular weight excluding hydrogens is 276 g/mol. The Morgan fingerprint density at radius 3 is 2.71 bits per heavy atom. The lowest BCUT2D eigenvalue weighted by Gasteiger charge is -2.09. The zero-order valence-corrected chi connectivity index (χ0v) is 11.5. The number of carbonyl (C=O) groups excluding carboxylic acids is 1. The maximum Gasteiger partial charge on any atom is 0.338 e. The Balaban J connectivity index is 2.08. The number of halogens is 2. The second-order valence-electron chi connectivity index (χ2n) is 4.37. The molecule has 0 aliphatic carbocycles. The van der Waals surface area contributed by atoms with Crippen molar-refractivity contribution in [1.29, 1.82) is 0 Å². The molecule has 21 heavy (non-hydrogen) atoms. The van der Waals surface area contributed by atoms with E-state index in [1.165, 1.54) is 12.1 Å². The molecule has 2 aromatic rings. The summed E-state index contributed by atoms with van der Waals surface area (Å²) >= 11 is 0. The van der Waals surface area contributed by atoms with Gasteiger partial charge in [-0.25, -0.2) is 13.6 Å². The van der Waals surface area contributed by atoms with Gasteiger partial charge in [0.05, 0.1) is 12.2 Å². The van der Waals surface area contributed by atoms with Crippen LogP contribution >= 0.6 is 0 Å². The summed E-state index contributed by atoms with van der Waals surface area (Å²) in [6.07, 6.45) is 0. The van der Waals surface area contributed by atoms with Gasteiger partial charge in [-0.2, -0.15) is 0 Å². The SMILES string of the molecule is CCOC(=O)c1cccc(NCc2cccc(F)c2F)c1. The molecule has 0 fully saturated rings. The van der Waals surface area contributed by atoms with Gasteiger partial charge in [0.2, 0.25) is 0 Å². The number of benzene rings is 2. The van der Waals surface area contributed by atoms with Crippen LogP contribution < -0.4 is 5.32 Å². The van der Waals surface area contributed by atoms with E-state index < -0.39 is 17.6 Å². The van der Waals surface area contributed by atoms with Crippen LogP contribution in [0.4, 0.5) is 14.5 Å². The zero-order chi connectivity index (χ0) is 15.2. The molecule has 0 radical (unpaired) electrons. The Bertz CT molecular complexity index is 644. The first-order chi connectivity index (χ1) is 10.1. The molecule has 0 heterocycles. The van der Waals surface area contributed by atoms with Crippen LogP contribution in [-0.4, -0.2) is 12.6 Å². The molecule has 0 bridgehead atoms. The largest absolute Gasteiger partial charge is 0.462 e. The zero-order valence-electron chi connectivity index (χ0n) is 11.5. The molecule has 0 aromatic heterocycles. The van der Waals surface area contributed by atoms with Crippen LogP contribution in [0.3, 0.4) is 0 Å². The lowest BCUT2D eigenvalue weighted by atomic mass is 10.1. The van der Waals surface area contributed by atoms with E-state index >= 15 is 0 Å². The monoisotopic (exact) mass is 291 g/mol. The highest BCUT2D eigenvalue weighted by molar-refractivity contribution is 5.90. The fourth-order valence-electron chi connectivity index (χ4n) is 1.85. The average molecular weight is 291 g/mol. The molecule has 2 aromatic carbocycles. The molecule has 0 saturated heterocycles. The molecule has 0 unspecified atom stereocenters. The van der Waals surface area contributed by atoms with E-state index in [4.69, 9.17) is 4.74 Å². The third-order valence-electron chi connectivity index (χ3n) is 2.89. The van der Waals surface area contributed by atoms with E-state index in [0.29, 0.717) is 17.9 Å². The Morgan fingerprint density at radius 1 is 1.19 bits per heavy atom. The van der Waals surface area contributed by atoms with Crippen molar-refractivity contribution in [2.24, 2.45) is 0 Å². The van der Waals surface area contributed by atoms with Crippen LogP contribution in [0.2, 0.25) is 0 Å². The van der Waals surface area contributed by atoms with Gasteiger partial charge in [-0.15, -0.1) is 0 Å². The Labute approximate surface area is 121 Å². The lowest BCUT2D eigenvalue weighted by Crippen LogP contribution is -2.07. The maximum atomic E-state index is 13.5. The first kappa shape index (κ1) is 15.0. The lowest BCUT2D eigenvalue weighted by molar-refractivity contribution is 0.0526. The summed E-state index contributed by atoms with van der Waals surface area (Å²) in [6.45, 7) is 2.15. The van der Waals surface area contributed by atoms with Crippen molar-refractivity contribution in [3.8, 4) is 0 Å². The molecule has 0 amide bonds. The quantitative estimate of drug-likeness (QED) is 0.853. The van der Waals surface area contributed by atoms with Crippen LogP contribution in [0.5, 0.6) is 0 Å². The van der Waals surface area contributed by atoms with Gasteiger partial charge in [-0.3, -0.25) is 0 Å². The minimum Gasteiger partial charge on any atom is -0.462 e. The summed E-state index contributed by atoms with van der Waals surface area (Å²) in [4.78, 5) is 11.6. The van der Waals surface area contributed by atoms with E-state index in [0.717, 1.165) is 6.07 Å². The van der Waals surface area contributed by atoms with Crippen molar-refractivity contribution in [3.63, 3.8) is 0 Å². The summed E-state index contributed by atoms with van der Waals surface area (Å²) in [6, 6.07) is 10.7. The van der Waals surface area contributed by atoms with E-state index in [-0.39, 0.29) is 12.1 Å². The highest BCUT2D eigenvalue weighted by atomic mass is 19.2. The van der Waals surface area contributed by atoms with E-state index in [1.54, 1.807) is 31.2 Å². The number of nitrogens with one attached hydrogen (secondary N) is 1. The molecule has 3 nitrogen and oxygen atoms in total. The van der Waals surface area contributed by atoms with Gasteiger partial charge >= 0.3 is 5.97 Å². The first-order valence-electron chi connectivity index (χ1n) is 6.55. The van der Waals surface area contributed by atoms with Gasteiger partial charge in [0.25, 0.3) is 0 Å². The van der Waals surface area contributed by atoms with Crippen molar-refractivity contribution in [2.75, 3.05) is 11.9 Å². The molecule has 2 rings (SSSR count). The average Bonchev–Trinajstić information content (AvgIpc) is 2.49. The molecule has 0 aliphatic heterocycles. The minimum absolute atomic E-state index is 0.121. The Hall–Kier alpha value is -2.43. The number of hydrogen-bond donors (Lipinski definition) is 1. The number of esters is 1. The standard InChI is InChI=1S/C16H15F2NO2/c1-2-21-16(20)11-5-3-7-13(9-11)19-10-12-6-4-8-14(17)15(12)18/h3-9,19H,2,10H2,1H3. The molecule has 0 aliphatic rings. The summed E-state index contributed by atoms with van der Waals surface area (Å²) in [5, 5.41) is 2.95. The molecule has 110 valence electrons. The number of anilines is 1. The second kappa shape index (κ2) is 6.83. The van der Waals surface area contributed by atoms with E-state index in [2.05, 4.69) is 5.32 Å². The van der Waals surface area contributed by atoms with Crippen molar-refractivity contribution >= 4 is 11.7 Å². The fourth-order valence-corrected chi connectivity index (χ4v) is 1.85. The molecule has 5 heteroatoms. The van der Waals surface area contributed by atoms with Crippen molar-refractivity contribution in [1.82, 2.24) is 0 Å². The van der Waals surface area contributed by atoms with E-state index in [1.807, 2.05) is 0 Å². The molecule has 1 N–H and O–H groups in total. The molecule has 0 saturated carbocycles. The number of carbonyl (C=O) groups is 1. The predicted octanol–water partition coefficient (Wildman–Crippen LogP) is 3.75. The number of rotatable bonds is 5. The topological polar surface area (TPSA) is 38.3 Å². The third-order valence-corrected chi connectivity index (χ3v) is 2.89. The first-order valence-corrected chi connectivity index (χ1v) is 6.55. The molecule has 0 atom stereocenters. The van der Waals surface area contributed by atoms with Crippen LogP contribution in [0, 0.1) is 11.6 Å². The van der Waals surface area contributed by atoms with Gasteiger partial charge in [0, 0.05) is 17.8 Å². The Kier molecular flexibility index (Phi) is 4.87. The third kappa shape index (κ3) is 3.78. The summed E-state index contributed by atoms with van der Waals surface area (Å²) in [5.41, 5.74) is 1.25. The van der Waals surface area contributed by atoms with Gasteiger partial charge < -0.3 is 10.1 Å². The predicted molar refractivity (Wildman–Crippen MR) is 76.1 cm³/mol. The second-order valence-corrected chi connectivity index (χ2v) is 4.37. The van der Waals surface area contributed by atoms with Gasteiger partial charge in [0.15, 0.2) is 11.6 Å². The van der Waals surface area contributed by atoms with Crippen LogP contribution in [0.1, 0.15) is 22.8 Å². The molecule has 0 spiro atoms. The summed E-state index contributed by atoms with van der Waals surface area (Å²) in [5.74, 6) is -2.17. The highest BCUT2D eigenvalue weighted by Crippen LogP contribution is 2.16. The van der Waals surface area contributed by atoms with Crippen molar-refractivity contribution < 1.29 is 18.3 Å². The highest BCUT2D eigenvalue weighted by Gasteiger charge is 2.09. The normalized spacial score (nSPS) is 10.2. The summed E-state index contributed by atoms with van der Waals surface area (Å²) in [7, 11) is 0. The van der Waals surface area contributed by atoms with Gasteiger partial charge in [-0.05, 0) is 31.2 Å². The summed E-state index contributed by atoms with van der Waals surface area (Å²) < 4.78 is 31.5. The maximum absolute atomic E-state index is 13.5. The fraction of sp³-hybridized carbons (Fsp3) is 0.188. The number of ether oxygens (including phenoxy) is 1. The van der Waals surface area contributed by atoms with E-state index in [9.17, 15) is 13.6 Å². The van der Waals surface area contributed by atoms with Crippen LogP contribution in [0.15, 0.2) is 42.5 Å². The van der Waals surface area contributed by atoms with Crippen LogP contribution in [0.25, 0.3) is 0 Å². The smallest absolute Gasteiger partial charge is 0.338 e. The van der Waals surface area contributed by atoms with Gasteiger partial charge in [-0.1, -0.05) is 18.2 Å². The minimum atomic E-state index is -0.880. The van der Waals surface area contributed by atoms with Crippen LogP contribution in [-0.2, 0) is 11.3 Å².